The number of amides is 1. The largest absolute Gasteiger partial charge is 0.337 e. The Morgan fingerprint density at radius 1 is 1.44 bits per heavy atom. The van der Waals surface area contributed by atoms with E-state index < -0.39 is 0 Å². The second kappa shape index (κ2) is 5.15. The summed E-state index contributed by atoms with van der Waals surface area (Å²) in [5, 5.41) is 3.31. The van der Waals surface area contributed by atoms with Crippen molar-refractivity contribution in [1.29, 1.82) is 0 Å². The molecule has 0 spiro atoms. The zero-order valence-corrected chi connectivity index (χ0v) is 10.1. The molecule has 1 saturated carbocycles. The first-order valence-electron chi connectivity index (χ1n) is 6.45. The van der Waals surface area contributed by atoms with Crippen molar-refractivity contribution in [2.24, 2.45) is 11.7 Å². The van der Waals surface area contributed by atoms with Gasteiger partial charge in [-0.2, -0.15) is 0 Å². The summed E-state index contributed by atoms with van der Waals surface area (Å²) in [6.07, 6.45) is 4.11. The number of carbonyl (C=O) groups is 1. The molecule has 2 unspecified atom stereocenters. The number of piperazine rings is 1. The number of carbonyl (C=O) groups excluding carboxylic acids is 1. The maximum atomic E-state index is 12.4. The maximum absolute atomic E-state index is 12.4. The zero-order chi connectivity index (χ0) is 11.5. The van der Waals surface area contributed by atoms with E-state index in [4.69, 9.17) is 5.73 Å². The van der Waals surface area contributed by atoms with Crippen LogP contribution in [0.2, 0.25) is 0 Å². The van der Waals surface area contributed by atoms with E-state index in [1.165, 1.54) is 0 Å². The van der Waals surface area contributed by atoms with Gasteiger partial charge < -0.3 is 16.0 Å². The van der Waals surface area contributed by atoms with Crippen LogP contribution in [0.1, 0.15) is 32.6 Å². The lowest BCUT2D eigenvalue weighted by molar-refractivity contribution is -0.139. The predicted molar refractivity (Wildman–Crippen MR) is 64.0 cm³/mol. The van der Waals surface area contributed by atoms with Gasteiger partial charge in [0.2, 0.25) is 5.91 Å². The van der Waals surface area contributed by atoms with Crippen LogP contribution in [0.3, 0.4) is 0 Å². The standard InChI is InChI=1S/C12H23N3O/c1-9-8-14-5-6-15(9)12(16)10-3-2-4-11(13)7-10/h9-11,14H,2-8,13H2,1H3/t9-,10?,11?/m1/s1. The lowest BCUT2D eigenvalue weighted by Gasteiger charge is -2.38. The van der Waals surface area contributed by atoms with Gasteiger partial charge in [-0.3, -0.25) is 4.79 Å². The van der Waals surface area contributed by atoms with Crippen molar-refractivity contribution in [3.8, 4) is 0 Å². The molecule has 0 aromatic rings. The highest BCUT2D eigenvalue weighted by atomic mass is 16.2. The van der Waals surface area contributed by atoms with E-state index in [1.807, 2.05) is 4.90 Å². The number of nitrogens with zero attached hydrogens (tertiary/aromatic N) is 1. The molecular weight excluding hydrogens is 202 g/mol. The summed E-state index contributed by atoms with van der Waals surface area (Å²) in [6.45, 7) is 4.82. The van der Waals surface area contributed by atoms with Gasteiger partial charge in [0.25, 0.3) is 0 Å². The van der Waals surface area contributed by atoms with Crippen LogP contribution in [-0.4, -0.2) is 42.5 Å². The third-order valence-electron chi connectivity index (χ3n) is 3.85. The van der Waals surface area contributed by atoms with Crippen LogP contribution in [0.25, 0.3) is 0 Å². The summed E-state index contributed by atoms with van der Waals surface area (Å²) >= 11 is 0. The first-order chi connectivity index (χ1) is 7.68. The van der Waals surface area contributed by atoms with Gasteiger partial charge in [-0.15, -0.1) is 0 Å². The Kier molecular flexibility index (Phi) is 3.82. The lowest BCUT2D eigenvalue weighted by Crippen LogP contribution is -2.54. The summed E-state index contributed by atoms with van der Waals surface area (Å²) in [4.78, 5) is 14.4. The summed E-state index contributed by atoms with van der Waals surface area (Å²) in [7, 11) is 0. The van der Waals surface area contributed by atoms with E-state index in [0.29, 0.717) is 11.9 Å². The zero-order valence-electron chi connectivity index (χ0n) is 10.1. The Morgan fingerprint density at radius 2 is 2.25 bits per heavy atom. The average Bonchev–Trinajstić information content (AvgIpc) is 2.29. The van der Waals surface area contributed by atoms with Crippen molar-refractivity contribution in [3.63, 3.8) is 0 Å². The van der Waals surface area contributed by atoms with Gasteiger partial charge in [-0.05, 0) is 26.2 Å². The van der Waals surface area contributed by atoms with Crippen LogP contribution in [0, 0.1) is 5.92 Å². The predicted octanol–water partition coefficient (Wildman–Crippen LogP) is 0.324. The summed E-state index contributed by atoms with van der Waals surface area (Å²) < 4.78 is 0. The van der Waals surface area contributed by atoms with Gasteiger partial charge in [-0.1, -0.05) is 6.42 Å². The molecule has 3 N–H and O–H groups in total. The number of hydrogen-bond acceptors (Lipinski definition) is 3. The molecule has 0 aromatic carbocycles. The smallest absolute Gasteiger partial charge is 0.226 e. The van der Waals surface area contributed by atoms with Crippen molar-refractivity contribution >= 4 is 5.91 Å². The molecule has 1 heterocycles. The van der Waals surface area contributed by atoms with Crippen molar-refractivity contribution in [2.45, 2.75) is 44.7 Å². The van der Waals surface area contributed by atoms with Crippen LogP contribution < -0.4 is 11.1 Å². The van der Waals surface area contributed by atoms with Gasteiger partial charge >= 0.3 is 0 Å². The molecule has 1 aliphatic carbocycles. The van der Waals surface area contributed by atoms with Crippen molar-refractivity contribution in [3.05, 3.63) is 0 Å². The van der Waals surface area contributed by atoms with E-state index in [-0.39, 0.29) is 12.0 Å². The molecule has 1 saturated heterocycles. The molecule has 16 heavy (non-hydrogen) atoms. The van der Waals surface area contributed by atoms with Crippen molar-refractivity contribution < 1.29 is 4.79 Å². The molecular formula is C12H23N3O. The minimum Gasteiger partial charge on any atom is -0.337 e. The van der Waals surface area contributed by atoms with Crippen LogP contribution in [0.15, 0.2) is 0 Å². The molecule has 92 valence electrons. The second-order valence-corrected chi connectivity index (χ2v) is 5.21. The molecule has 0 bridgehead atoms. The van der Waals surface area contributed by atoms with E-state index in [2.05, 4.69) is 12.2 Å². The van der Waals surface area contributed by atoms with Gasteiger partial charge in [0.15, 0.2) is 0 Å². The summed E-state index contributed by atoms with van der Waals surface area (Å²) in [5.74, 6) is 0.522. The van der Waals surface area contributed by atoms with E-state index in [0.717, 1.165) is 45.3 Å². The van der Waals surface area contributed by atoms with Crippen LogP contribution >= 0.6 is 0 Å². The summed E-state index contributed by atoms with van der Waals surface area (Å²) in [5.41, 5.74) is 5.94. The first-order valence-corrected chi connectivity index (χ1v) is 6.45. The molecule has 4 heteroatoms. The van der Waals surface area contributed by atoms with Gasteiger partial charge in [0.1, 0.15) is 0 Å². The lowest BCUT2D eigenvalue weighted by atomic mass is 9.85. The van der Waals surface area contributed by atoms with Crippen molar-refractivity contribution in [1.82, 2.24) is 10.2 Å². The Hall–Kier alpha value is -0.610. The van der Waals surface area contributed by atoms with Crippen LogP contribution in [-0.2, 0) is 4.79 Å². The average molecular weight is 225 g/mol. The molecule has 1 amide bonds. The maximum Gasteiger partial charge on any atom is 0.226 e. The second-order valence-electron chi connectivity index (χ2n) is 5.21. The van der Waals surface area contributed by atoms with Crippen LogP contribution in [0.4, 0.5) is 0 Å². The van der Waals surface area contributed by atoms with E-state index >= 15 is 0 Å². The Labute approximate surface area is 97.6 Å². The van der Waals surface area contributed by atoms with E-state index in [9.17, 15) is 4.79 Å². The molecule has 2 fully saturated rings. The molecule has 3 atom stereocenters. The number of nitrogens with two attached hydrogens (primary N) is 1. The highest BCUT2D eigenvalue weighted by Crippen LogP contribution is 2.25. The third-order valence-corrected chi connectivity index (χ3v) is 3.85. The van der Waals surface area contributed by atoms with Gasteiger partial charge in [0.05, 0.1) is 0 Å². The molecule has 0 radical (unpaired) electrons. The number of hydrogen-bond donors (Lipinski definition) is 2. The molecule has 1 aliphatic heterocycles. The topological polar surface area (TPSA) is 58.4 Å². The fourth-order valence-electron chi connectivity index (χ4n) is 2.85. The van der Waals surface area contributed by atoms with Crippen LogP contribution in [0.5, 0.6) is 0 Å². The highest BCUT2D eigenvalue weighted by molar-refractivity contribution is 5.79. The normalized spacial score (nSPS) is 36.1. The Bertz CT molecular complexity index is 257. The first kappa shape index (κ1) is 11.9. The molecule has 2 aliphatic rings. The highest BCUT2D eigenvalue weighted by Gasteiger charge is 2.31. The van der Waals surface area contributed by atoms with Gasteiger partial charge in [0, 0.05) is 37.6 Å². The Morgan fingerprint density at radius 3 is 2.94 bits per heavy atom. The molecule has 4 nitrogen and oxygen atoms in total. The monoisotopic (exact) mass is 225 g/mol. The number of rotatable bonds is 1. The number of nitrogens with one attached hydrogen (secondary N) is 1. The molecule has 0 aromatic heterocycles. The SMILES string of the molecule is C[C@@H]1CNCCN1C(=O)C1CCCC(N)C1. The van der Waals surface area contributed by atoms with Gasteiger partial charge in [-0.25, -0.2) is 0 Å². The third kappa shape index (κ3) is 2.55. The molecule has 2 rings (SSSR count). The fourth-order valence-corrected chi connectivity index (χ4v) is 2.85. The summed E-state index contributed by atoms with van der Waals surface area (Å²) in [6, 6.07) is 0.570. The Balaban J connectivity index is 1.94. The minimum absolute atomic E-state index is 0.185. The minimum atomic E-state index is 0.185. The quantitative estimate of drug-likeness (QED) is 0.676. The fraction of sp³-hybridized carbons (Fsp3) is 0.917. The van der Waals surface area contributed by atoms with E-state index in [1.54, 1.807) is 0 Å². The van der Waals surface area contributed by atoms with Crippen molar-refractivity contribution in [2.75, 3.05) is 19.6 Å².